The molecular weight excluding hydrogens is 492 g/mol. The van der Waals surface area contributed by atoms with Crippen LogP contribution in [0.25, 0.3) is 0 Å². The lowest BCUT2D eigenvalue weighted by Gasteiger charge is -2.27. The van der Waals surface area contributed by atoms with E-state index in [-0.39, 0.29) is 29.9 Å². The van der Waals surface area contributed by atoms with E-state index in [1.807, 2.05) is 43.3 Å². The summed E-state index contributed by atoms with van der Waals surface area (Å²) in [5.41, 5.74) is 3.69. The molecule has 0 fully saturated rings. The van der Waals surface area contributed by atoms with Gasteiger partial charge in [-0.15, -0.1) is 0 Å². The lowest BCUT2D eigenvalue weighted by atomic mass is 9.84. The number of amides is 3. The third-order valence-corrected chi connectivity index (χ3v) is 6.85. The van der Waals surface area contributed by atoms with Crippen molar-refractivity contribution in [1.82, 2.24) is 15.5 Å². The highest BCUT2D eigenvalue weighted by molar-refractivity contribution is 6.31. The summed E-state index contributed by atoms with van der Waals surface area (Å²) in [7, 11) is 1.49. The Hall–Kier alpha value is -3.49. The molecule has 2 aromatic carbocycles. The zero-order valence-electron chi connectivity index (χ0n) is 21.6. The van der Waals surface area contributed by atoms with Crippen LogP contribution in [0.1, 0.15) is 43.4 Å². The average Bonchev–Trinajstić information content (AvgIpc) is 3.14. The number of hydrogen-bond acceptors (Lipinski definition) is 6. The molecule has 1 aliphatic rings. The SMILES string of the molecule is CNC(=O)CCC(C=O)N1C(=O)C=C(Nc2cccc(C(C)(C)CNCc3ccc(C)c(Cl)c3)c2)C1=O. The molecule has 196 valence electrons. The number of benzene rings is 2. The number of aldehydes is 1. The summed E-state index contributed by atoms with van der Waals surface area (Å²) in [5, 5.41) is 9.72. The van der Waals surface area contributed by atoms with Crippen molar-refractivity contribution >= 4 is 41.3 Å². The third kappa shape index (κ3) is 7.05. The van der Waals surface area contributed by atoms with Crippen molar-refractivity contribution in [2.45, 2.75) is 51.6 Å². The van der Waals surface area contributed by atoms with Gasteiger partial charge in [-0.25, -0.2) is 0 Å². The maximum absolute atomic E-state index is 12.9. The second-order valence-electron chi connectivity index (χ2n) is 9.76. The van der Waals surface area contributed by atoms with E-state index in [0.29, 0.717) is 25.1 Å². The lowest BCUT2D eigenvalue weighted by Crippen LogP contribution is -2.42. The summed E-state index contributed by atoms with van der Waals surface area (Å²) in [4.78, 5) is 49.5. The Morgan fingerprint density at radius 3 is 2.59 bits per heavy atom. The summed E-state index contributed by atoms with van der Waals surface area (Å²) in [5.74, 6) is -1.45. The normalized spacial score (nSPS) is 14.4. The second-order valence-corrected chi connectivity index (χ2v) is 10.2. The van der Waals surface area contributed by atoms with Gasteiger partial charge in [0, 0.05) is 48.8 Å². The predicted octanol–water partition coefficient (Wildman–Crippen LogP) is 3.47. The summed E-state index contributed by atoms with van der Waals surface area (Å²) < 4.78 is 0. The molecule has 1 unspecified atom stereocenters. The van der Waals surface area contributed by atoms with Crippen LogP contribution in [0, 0.1) is 6.92 Å². The van der Waals surface area contributed by atoms with Crippen molar-refractivity contribution in [1.29, 1.82) is 0 Å². The van der Waals surface area contributed by atoms with Crippen LogP contribution in [-0.2, 0) is 31.1 Å². The molecule has 1 atom stereocenters. The van der Waals surface area contributed by atoms with Crippen LogP contribution < -0.4 is 16.0 Å². The number of anilines is 1. The molecule has 9 heteroatoms. The Kier molecular flexibility index (Phi) is 9.23. The number of nitrogens with zero attached hydrogens (tertiary/aromatic N) is 1. The molecule has 0 saturated carbocycles. The number of nitrogens with one attached hydrogen (secondary N) is 3. The largest absolute Gasteiger partial charge is 0.359 e. The fourth-order valence-electron chi connectivity index (χ4n) is 4.09. The number of carbonyl (C=O) groups is 4. The van der Waals surface area contributed by atoms with Crippen LogP contribution in [0.15, 0.2) is 54.2 Å². The van der Waals surface area contributed by atoms with Gasteiger partial charge in [-0.05, 0) is 48.2 Å². The highest BCUT2D eigenvalue weighted by Gasteiger charge is 2.36. The maximum Gasteiger partial charge on any atom is 0.278 e. The van der Waals surface area contributed by atoms with Gasteiger partial charge in [0.05, 0.1) is 6.04 Å². The summed E-state index contributed by atoms with van der Waals surface area (Å²) in [6.45, 7) is 7.59. The van der Waals surface area contributed by atoms with Gasteiger partial charge in [0.25, 0.3) is 11.8 Å². The van der Waals surface area contributed by atoms with Crippen molar-refractivity contribution in [3.8, 4) is 0 Å². The van der Waals surface area contributed by atoms with Crippen LogP contribution >= 0.6 is 11.6 Å². The first-order valence-corrected chi connectivity index (χ1v) is 12.5. The molecule has 0 aromatic heterocycles. The van der Waals surface area contributed by atoms with Gasteiger partial charge < -0.3 is 20.7 Å². The van der Waals surface area contributed by atoms with Gasteiger partial charge in [-0.2, -0.15) is 0 Å². The number of imide groups is 1. The topological polar surface area (TPSA) is 108 Å². The Morgan fingerprint density at radius 1 is 1.16 bits per heavy atom. The van der Waals surface area contributed by atoms with E-state index in [4.69, 9.17) is 11.6 Å². The van der Waals surface area contributed by atoms with E-state index >= 15 is 0 Å². The van der Waals surface area contributed by atoms with Crippen molar-refractivity contribution in [2.24, 2.45) is 0 Å². The van der Waals surface area contributed by atoms with Crippen LogP contribution in [0.2, 0.25) is 5.02 Å². The Bertz CT molecular complexity index is 1220. The molecule has 3 rings (SSSR count). The zero-order valence-corrected chi connectivity index (χ0v) is 22.3. The molecule has 3 amide bonds. The van der Waals surface area contributed by atoms with Crippen LogP contribution in [0.4, 0.5) is 5.69 Å². The van der Waals surface area contributed by atoms with Gasteiger partial charge in [-0.3, -0.25) is 19.3 Å². The molecule has 37 heavy (non-hydrogen) atoms. The standard InChI is InChI=1S/C28H33ClN4O4/c1-18-8-9-19(12-23(18)29)15-31-17-28(2,3)20-6-5-7-21(13-20)32-24-14-26(36)33(27(24)37)22(16-34)10-11-25(35)30-4/h5-9,12-14,16,22,31-32H,10-11,15,17H2,1-4H3,(H,30,35). The van der Waals surface area contributed by atoms with Crippen LogP contribution in [0.5, 0.6) is 0 Å². The molecule has 0 bridgehead atoms. The Balaban J connectivity index is 1.64. The minimum absolute atomic E-state index is 0.0296. The van der Waals surface area contributed by atoms with Crippen molar-refractivity contribution in [2.75, 3.05) is 18.9 Å². The molecule has 1 aliphatic heterocycles. The average molecular weight is 525 g/mol. The maximum atomic E-state index is 12.9. The van der Waals surface area contributed by atoms with E-state index < -0.39 is 17.9 Å². The highest BCUT2D eigenvalue weighted by atomic mass is 35.5. The molecular formula is C28H33ClN4O4. The van der Waals surface area contributed by atoms with Gasteiger partial charge in [0.2, 0.25) is 5.91 Å². The summed E-state index contributed by atoms with van der Waals surface area (Å²) in [6, 6.07) is 12.7. The lowest BCUT2D eigenvalue weighted by molar-refractivity contribution is -0.143. The number of hydrogen-bond donors (Lipinski definition) is 3. The minimum atomic E-state index is -1.01. The fraction of sp³-hybridized carbons (Fsp3) is 0.357. The van der Waals surface area contributed by atoms with Gasteiger partial charge >= 0.3 is 0 Å². The van der Waals surface area contributed by atoms with Crippen molar-refractivity contribution in [3.63, 3.8) is 0 Å². The molecule has 8 nitrogen and oxygen atoms in total. The van der Waals surface area contributed by atoms with Crippen LogP contribution in [-0.4, -0.2) is 48.5 Å². The first-order chi connectivity index (χ1) is 17.6. The van der Waals surface area contributed by atoms with Crippen molar-refractivity contribution < 1.29 is 19.2 Å². The smallest absolute Gasteiger partial charge is 0.278 e. The Labute approximate surface area is 222 Å². The summed E-state index contributed by atoms with van der Waals surface area (Å²) in [6.07, 6.45) is 1.80. The molecule has 0 aliphatic carbocycles. The van der Waals surface area contributed by atoms with Gasteiger partial charge in [0.15, 0.2) is 0 Å². The van der Waals surface area contributed by atoms with E-state index in [9.17, 15) is 19.2 Å². The highest BCUT2D eigenvalue weighted by Crippen LogP contribution is 2.27. The molecule has 2 aromatic rings. The summed E-state index contributed by atoms with van der Waals surface area (Å²) >= 11 is 6.23. The van der Waals surface area contributed by atoms with E-state index in [1.165, 1.54) is 13.1 Å². The second kappa shape index (κ2) is 12.2. The molecule has 1 heterocycles. The Morgan fingerprint density at radius 2 is 1.92 bits per heavy atom. The number of aryl methyl sites for hydroxylation is 1. The molecule has 0 radical (unpaired) electrons. The van der Waals surface area contributed by atoms with Crippen molar-refractivity contribution in [3.05, 3.63) is 76.0 Å². The third-order valence-electron chi connectivity index (χ3n) is 6.44. The van der Waals surface area contributed by atoms with Gasteiger partial charge in [-0.1, -0.05) is 49.7 Å². The van der Waals surface area contributed by atoms with E-state index in [1.54, 1.807) is 0 Å². The first kappa shape index (κ1) is 28.1. The zero-order chi connectivity index (χ0) is 27.2. The van der Waals surface area contributed by atoms with Crippen LogP contribution in [0.3, 0.4) is 0 Å². The van der Waals surface area contributed by atoms with Gasteiger partial charge in [0.1, 0.15) is 12.0 Å². The minimum Gasteiger partial charge on any atom is -0.359 e. The van der Waals surface area contributed by atoms with E-state index in [2.05, 4.69) is 35.9 Å². The number of halogens is 1. The first-order valence-electron chi connectivity index (χ1n) is 12.1. The number of carbonyl (C=O) groups excluding carboxylic acids is 4. The number of rotatable bonds is 12. The quantitative estimate of drug-likeness (QED) is 0.290. The molecule has 0 saturated heterocycles. The fourth-order valence-corrected chi connectivity index (χ4v) is 4.29. The molecule has 3 N–H and O–H groups in total. The molecule has 0 spiro atoms. The predicted molar refractivity (Wildman–Crippen MR) is 144 cm³/mol. The monoisotopic (exact) mass is 524 g/mol. The van der Waals surface area contributed by atoms with E-state index in [0.717, 1.165) is 26.6 Å².